The minimum atomic E-state index is -1.76. The Kier molecular flexibility index (Phi) is 14.9. The van der Waals surface area contributed by atoms with Gasteiger partial charge in [0.1, 0.15) is 16.7 Å². The first-order valence-electron chi connectivity index (χ1n) is 26.3. The van der Waals surface area contributed by atoms with E-state index >= 15 is 0 Å². The molecule has 4 saturated carbocycles. The maximum atomic E-state index is 13.1. The number of carbonyl (C=O) groups is 9. The van der Waals surface area contributed by atoms with Crippen molar-refractivity contribution in [1.82, 2.24) is 0 Å². The highest BCUT2D eigenvalue weighted by atomic mass is 16.8. The third-order valence-corrected chi connectivity index (χ3v) is 15.0. The summed E-state index contributed by atoms with van der Waals surface area (Å²) in [4.78, 5) is 115. The van der Waals surface area contributed by atoms with Crippen LogP contribution in [0.25, 0.3) is 0 Å². The highest BCUT2D eigenvalue weighted by molar-refractivity contribution is 6.17. The van der Waals surface area contributed by atoms with E-state index in [9.17, 15) is 58.5 Å². The molecule has 0 unspecified atom stereocenters. The Labute approximate surface area is 460 Å². The molecule has 4 aliphatic carbocycles. The van der Waals surface area contributed by atoms with Gasteiger partial charge in [0, 0.05) is 77.0 Å². The lowest BCUT2D eigenvalue weighted by atomic mass is 9.87. The van der Waals surface area contributed by atoms with Crippen LogP contribution >= 0.6 is 0 Å². The van der Waals surface area contributed by atoms with E-state index in [0.717, 1.165) is 62.8 Å². The molecular formula is C57H51O24-3. The summed E-state index contributed by atoms with van der Waals surface area (Å²) in [5, 5.41) is 39.1. The van der Waals surface area contributed by atoms with Gasteiger partial charge in [-0.25, -0.2) is 43.2 Å². The predicted octanol–water partition coefficient (Wildman–Crippen LogP) is 3.09. The van der Waals surface area contributed by atoms with Gasteiger partial charge < -0.3 is 72.2 Å². The molecule has 6 heterocycles. The van der Waals surface area contributed by atoms with Gasteiger partial charge in [-0.15, -0.1) is 0 Å². The fourth-order valence-electron chi connectivity index (χ4n) is 10.7. The zero-order valence-electron chi connectivity index (χ0n) is 43.2. The highest BCUT2D eigenvalue weighted by Gasteiger charge is 2.54. The highest BCUT2D eigenvalue weighted by Crippen LogP contribution is 2.48. The summed E-state index contributed by atoms with van der Waals surface area (Å²) in [6.07, 6.45) is 23.5. The monoisotopic (exact) mass is 1120 g/mol. The van der Waals surface area contributed by atoms with E-state index in [2.05, 4.69) is 0 Å². The first kappa shape index (κ1) is 55.2. The first-order valence-corrected chi connectivity index (χ1v) is 26.3. The molecule has 6 spiro atoms. The van der Waals surface area contributed by atoms with Crippen LogP contribution in [0, 0.1) is 0 Å². The average Bonchev–Trinajstić information content (AvgIpc) is 3.40. The first-order chi connectivity index (χ1) is 38.8. The molecule has 0 radical (unpaired) electrons. The molecule has 0 aromatic heterocycles. The summed E-state index contributed by atoms with van der Waals surface area (Å²) in [6, 6.07) is 0. The molecule has 24 nitrogen and oxygen atoms in total. The van der Waals surface area contributed by atoms with Gasteiger partial charge in [0.25, 0.3) is 17.4 Å². The third-order valence-electron chi connectivity index (χ3n) is 15.0. The standard InChI is InChI=1S/C57H54O24/c58-40-34(41(59)71-52(70-40)22-12-4-13-23-52)16-6-1-8-18-36-44(62)74-54(75-45(36)63)26-30-56(31-27-54)78-48(66)38(49(67)79-56)20-10-3-11-21-39-50(68)80-57(81-51(39)69)32-28-55(29-33-57)76-46(64)37(47(65)77-55)19-9-2-7-17-35-42(60)72-53(73-43(35)61)24-14-5-15-25-53/h1-3,6-11,16-21,62,64,66H,4-5,12-15,22-33H2/p-3/b6-1+,7-2+,11-3+,18-8+,19-9+,20-10+,39-21?. The van der Waals surface area contributed by atoms with Crippen molar-refractivity contribution in [3.05, 3.63) is 142 Å². The largest absolute Gasteiger partial charge is 0.574 e. The van der Waals surface area contributed by atoms with Crippen molar-refractivity contribution in [3.63, 3.8) is 0 Å². The smallest absolute Gasteiger partial charge is 0.348 e. The molecule has 0 bridgehead atoms. The van der Waals surface area contributed by atoms with E-state index in [1.165, 1.54) is 66.8 Å². The van der Waals surface area contributed by atoms with Gasteiger partial charge in [-0.05, 0) is 62.1 Å². The van der Waals surface area contributed by atoms with E-state index < -0.39 is 129 Å². The molecule has 0 atom stereocenters. The van der Waals surface area contributed by atoms with Crippen LogP contribution in [0.1, 0.15) is 116 Å². The molecule has 10 rings (SSSR count). The Morgan fingerprint density at radius 1 is 0.247 bits per heavy atom. The summed E-state index contributed by atoms with van der Waals surface area (Å²) in [6.45, 7) is 0. The molecule has 0 N–H and O–H groups in total. The topological polar surface area (TPSA) is 334 Å². The quantitative estimate of drug-likeness (QED) is 0.105. The second-order valence-corrected chi connectivity index (χ2v) is 20.5. The normalized spacial score (nSPS) is 25.8. The lowest BCUT2D eigenvalue weighted by Gasteiger charge is -2.53. The minimum absolute atomic E-state index is 0.200. The lowest BCUT2D eigenvalue weighted by Crippen LogP contribution is -2.55. The molecule has 81 heavy (non-hydrogen) atoms. The van der Waals surface area contributed by atoms with Crippen molar-refractivity contribution in [1.29, 1.82) is 0 Å². The summed E-state index contributed by atoms with van der Waals surface area (Å²) in [7, 11) is 0. The molecule has 426 valence electrons. The minimum Gasteiger partial charge on any atom is -0.574 e. The van der Waals surface area contributed by atoms with Crippen LogP contribution < -0.4 is 15.3 Å². The number of hydrogen-bond acceptors (Lipinski definition) is 24. The van der Waals surface area contributed by atoms with E-state index in [0.29, 0.717) is 25.7 Å². The Morgan fingerprint density at radius 3 is 0.691 bits per heavy atom. The Bertz CT molecular complexity index is 3050. The van der Waals surface area contributed by atoms with Gasteiger partial charge in [0.05, 0.1) is 34.6 Å². The fraction of sp³-hybridized carbons (Fsp3) is 0.421. The van der Waals surface area contributed by atoms with Crippen molar-refractivity contribution in [2.45, 2.75) is 150 Å². The second kappa shape index (κ2) is 21.9. The van der Waals surface area contributed by atoms with Gasteiger partial charge in [-0.3, -0.25) is 0 Å². The summed E-state index contributed by atoms with van der Waals surface area (Å²) in [5.41, 5.74) is -2.54. The molecule has 7 fully saturated rings. The molecule has 0 aromatic carbocycles. The van der Waals surface area contributed by atoms with Gasteiger partial charge >= 0.3 is 53.7 Å². The van der Waals surface area contributed by atoms with Crippen LogP contribution in [0.5, 0.6) is 0 Å². The number of ether oxygens (including phenoxy) is 12. The van der Waals surface area contributed by atoms with Crippen molar-refractivity contribution in [2.75, 3.05) is 0 Å². The maximum Gasteiger partial charge on any atom is 0.348 e. The molecule has 6 aliphatic heterocycles. The van der Waals surface area contributed by atoms with Crippen molar-refractivity contribution in [2.24, 2.45) is 0 Å². The Hall–Kier alpha value is -9.09. The van der Waals surface area contributed by atoms with Crippen LogP contribution in [0.3, 0.4) is 0 Å². The molecule has 24 heteroatoms. The van der Waals surface area contributed by atoms with Crippen LogP contribution in [0.4, 0.5) is 0 Å². The van der Waals surface area contributed by atoms with Gasteiger partial charge in [0.15, 0.2) is 17.4 Å². The van der Waals surface area contributed by atoms with Crippen LogP contribution in [-0.2, 0) is 100.0 Å². The van der Waals surface area contributed by atoms with Crippen molar-refractivity contribution < 1.29 is 115 Å². The average molecular weight is 1120 g/mol. The predicted molar refractivity (Wildman–Crippen MR) is 258 cm³/mol. The van der Waals surface area contributed by atoms with Crippen LogP contribution in [0.2, 0.25) is 0 Å². The second-order valence-electron chi connectivity index (χ2n) is 20.5. The maximum absolute atomic E-state index is 13.1. The summed E-state index contributed by atoms with van der Waals surface area (Å²) >= 11 is 0. The van der Waals surface area contributed by atoms with Gasteiger partial charge in [0.2, 0.25) is 0 Å². The van der Waals surface area contributed by atoms with Crippen molar-refractivity contribution in [3.8, 4) is 0 Å². The van der Waals surface area contributed by atoms with Gasteiger partial charge in [-0.2, -0.15) is 0 Å². The van der Waals surface area contributed by atoms with E-state index in [1.54, 1.807) is 0 Å². The fourth-order valence-corrected chi connectivity index (χ4v) is 10.7. The number of rotatable bonds is 9. The summed E-state index contributed by atoms with van der Waals surface area (Å²) in [5.74, 6) is -20.9. The van der Waals surface area contributed by atoms with Gasteiger partial charge in [-0.1, -0.05) is 67.5 Å². The van der Waals surface area contributed by atoms with Crippen LogP contribution in [-0.4, -0.2) is 88.4 Å². The zero-order valence-corrected chi connectivity index (χ0v) is 43.2. The number of carbonyl (C=O) groups excluding carboxylic acids is 9. The van der Waals surface area contributed by atoms with E-state index in [1.807, 2.05) is 0 Å². The number of hydrogen-bond donors (Lipinski definition) is 0. The number of allylic oxidation sites excluding steroid dienone is 12. The van der Waals surface area contributed by atoms with Crippen molar-refractivity contribution >= 4 is 53.7 Å². The molecule has 0 amide bonds. The molecule has 0 aromatic rings. The molecule has 10 aliphatic rings. The Morgan fingerprint density at radius 2 is 0.457 bits per heavy atom. The molecule has 3 saturated heterocycles. The number of esters is 9. The third kappa shape index (κ3) is 11.5. The van der Waals surface area contributed by atoms with Crippen LogP contribution in [0.15, 0.2) is 142 Å². The van der Waals surface area contributed by atoms with E-state index in [4.69, 9.17) is 56.8 Å². The van der Waals surface area contributed by atoms with E-state index in [-0.39, 0.29) is 62.5 Å². The summed E-state index contributed by atoms with van der Waals surface area (Å²) < 4.78 is 66.0. The Balaban J connectivity index is 0.671. The SMILES string of the molecule is O=C1OC2(CCCCC2)OC(=O)C1=C/C=C/C=C/C1=C([O-])OC2(CCC3(CC2)OC(=O)C(=C/C=C/C=C/C2=C([O-])OC4(CCC5(CC4)OC(=O)C(/C=C/C=C/C=C4C(=O)OC6(CCCCC6)OC4=O)=C([O-])O5)OC2=O)C(=O)O3)OC1=O. The lowest BCUT2D eigenvalue weighted by molar-refractivity contribution is -0.422. The zero-order chi connectivity index (χ0) is 57.2. The molecular weight excluding hydrogens is 1070 g/mol.